The summed E-state index contributed by atoms with van der Waals surface area (Å²) in [6, 6.07) is 2.80. The van der Waals surface area contributed by atoms with Crippen molar-refractivity contribution in [2.75, 3.05) is 6.61 Å². The molecule has 0 bridgehead atoms. The summed E-state index contributed by atoms with van der Waals surface area (Å²) in [6.45, 7) is 6.54. The van der Waals surface area contributed by atoms with Gasteiger partial charge in [0.25, 0.3) is 0 Å². The second-order valence-electron chi connectivity index (χ2n) is 4.00. The molecule has 1 aromatic heterocycles. The van der Waals surface area contributed by atoms with Crippen molar-refractivity contribution >= 4 is 27.3 Å². The number of nitrogens with one attached hydrogen (secondary N) is 1. The monoisotopic (exact) mass is 291 g/mol. The normalized spacial score (nSPS) is 17.4. The smallest absolute Gasteiger partial charge is 0.0471 e. The largest absolute Gasteiger partial charge is 0.396 e. The molecule has 2 nitrogen and oxygen atoms in total. The molecule has 0 radical (unpaired) electrons. The lowest BCUT2D eigenvalue weighted by molar-refractivity contribution is 0.202. The molecule has 0 saturated carbocycles. The van der Waals surface area contributed by atoms with Crippen LogP contribution in [0.15, 0.2) is 15.9 Å². The van der Waals surface area contributed by atoms with Crippen LogP contribution in [0.5, 0.6) is 0 Å². The Bertz CT molecular complexity index is 303. The van der Waals surface area contributed by atoms with E-state index in [1.165, 1.54) is 4.88 Å². The van der Waals surface area contributed by atoms with Crippen LogP contribution in [-0.2, 0) is 0 Å². The van der Waals surface area contributed by atoms with Crippen molar-refractivity contribution in [1.82, 2.24) is 5.32 Å². The average molecular weight is 292 g/mol. The minimum atomic E-state index is 0.231. The summed E-state index contributed by atoms with van der Waals surface area (Å²) in [6.07, 6.45) is 0. The van der Waals surface area contributed by atoms with Gasteiger partial charge in [-0.25, -0.2) is 0 Å². The van der Waals surface area contributed by atoms with Gasteiger partial charge in [0.2, 0.25) is 0 Å². The fraction of sp³-hybridized carbons (Fsp3) is 0.636. The minimum Gasteiger partial charge on any atom is -0.396 e. The molecule has 3 unspecified atom stereocenters. The number of rotatable bonds is 5. The van der Waals surface area contributed by atoms with E-state index < -0.39 is 0 Å². The molecule has 86 valence electrons. The number of hydrogen-bond acceptors (Lipinski definition) is 3. The van der Waals surface area contributed by atoms with E-state index in [0.29, 0.717) is 12.1 Å². The fourth-order valence-electron chi connectivity index (χ4n) is 1.35. The van der Waals surface area contributed by atoms with E-state index in [-0.39, 0.29) is 12.5 Å². The highest BCUT2D eigenvalue weighted by Gasteiger charge is 2.15. The molecule has 0 fully saturated rings. The summed E-state index contributed by atoms with van der Waals surface area (Å²) in [5.41, 5.74) is 0. The molecule has 1 rings (SSSR count). The fourth-order valence-corrected chi connectivity index (χ4v) is 2.82. The van der Waals surface area contributed by atoms with E-state index >= 15 is 0 Å². The van der Waals surface area contributed by atoms with Gasteiger partial charge in [-0.1, -0.05) is 6.92 Å². The Hall–Kier alpha value is 0.1000. The second kappa shape index (κ2) is 5.99. The third-order valence-electron chi connectivity index (χ3n) is 2.67. The molecule has 0 aromatic carbocycles. The maximum Gasteiger partial charge on any atom is 0.0471 e. The van der Waals surface area contributed by atoms with Gasteiger partial charge in [-0.05, 0) is 41.8 Å². The SMILES string of the molecule is CC(NC(C)C(C)CO)c1cc(Br)cs1. The maximum absolute atomic E-state index is 9.05. The molecule has 0 spiro atoms. The zero-order valence-electron chi connectivity index (χ0n) is 9.33. The predicted molar refractivity (Wildman–Crippen MR) is 69.3 cm³/mol. The van der Waals surface area contributed by atoms with Crippen molar-refractivity contribution in [3.8, 4) is 0 Å². The van der Waals surface area contributed by atoms with Crippen LogP contribution in [0.4, 0.5) is 0 Å². The maximum atomic E-state index is 9.05. The Morgan fingerprint density at radius 3 is 2.60 bits per heavy atom. The van der Waals surface area contributed by atoms with Gasteiger partial charge >= 0.3 is 0 Å². The molecule has 4 heteroatoms. The molecule has 0 saturated heterocycles. The number of thiophene rings is 1. The third-order valence-corrected chi connectivity index (χ3v) is 4.55. The highest BCUT2D eigenvalue weighted by atomic mass is 79.9. The lowest BCUT2D eigenvalue weighted by Gasteiger charge is -2.23. The molecule has 0 aliphatic heterocycles. The summed E-state index contributed by atoms with van der Waals surface area (Å²) in [7, 11) is 0. The van der Waals surface area contributed by atoms with Crippen molar-refractivity contribution in [3.63, 3.8) is 0 Å². The van der Waals surface area contributed by atoms with E-state index in [0.717, 1.165) is 4.47 Å². The first kappa shape index (κ1) is 13.2. The number of aliphatic hydroxyl groups is 1. The van der Waals surface area contributed by atoms with Crippen LogP contribution in [0.25, 0.3) is 0 Å². The highest BCUT2D eigenvalue weighted by molar-refractivity contribution is 9.10. The van der Waals surface area contributed by atoms with Crippen molar-refractivity contribution in [2.24, 2.45) is 5.92 Å². The first-order valence-corrected chi connectivity index (χ1v) is 6.82. The molecular weight excluding hydrogens is 274 g/mol. The predicted octanol–water partition coefficient (Wildman–Crippen LogP) is 3.18. The molecule has 0 aliphatic carbocycles. The van der Waals surface area contributed by atoms with Crippen LogP contribution >= 0.6 is 27.3 Å². The molecule has 1 heterocycles. The van der Waals surface area contributed by atoms with E-state index in [9.17, 15) is 0 Å². The van der Waals surface area contributed by atoms with Gasteiger partial charge in [-0.3, -0.25) is 0 Å². The summed E-state index contributed by atoms with van der Waals surface area (Å²) in [5.74, 6) is 0.288. The highest BCUT2D eigenvalue weighted by Crippen LogP contribution is 2.25. The Balaban J connectivity index is 2.52. The molecule has 2 N–H and O–H groups in total. The van der Waals surface area contributed by atoms with Crippen LogP contribution in [0.3, 0.4) is 0 Å². The lowest BCUT2D eigenvalue weighted by Crippen LogP contribution is -2.35. The Kier molecular flexibility index (Phi) is 5.26. The van der Waals surface area contributed by atoms with E-state index in [4.69, 9.17) is 5.11 Å². The average Bonchev–Trinajstić information content (AvgIpc) is 2.63. The Morgan fingerprint density at radius 1 is 1.47 bits per heavy atom. The zero-order valence-corrected chi connectivity index (χ0v) is 11.7. The minimum absolute atomic E-state index is 0.231. The Morgan fingerprint density at radius 2 is 2.13 bits per heavy atom. The van der Waals surface area contributed by atoms with Gasteiger partial charge in [0.15, 0.2) is 0 Å². The quantitative estimate of drug-likeness (QED) is 0.873. The van der Waals surface area contributed by atoms with Crippen molar-refractivity contribution in [3.05, 3.63) is 20.8 Å². The van der Waals surface area contributed by atoms with Gasteiger partial charge in [0.05, 0.1) is 0 Å². The van der Waals surface area contributed by atoms with Crippen LogP contribution in [0, 0.1) is 5.92 Å². The second-order valence-corrected chi connectivity index (χ2v) is 5.86. The summed E-state index contributed by atoms with van der Waals surface area (Å²) in [4.78, 5) is 1.32. The van der Waals surface area contributed by atoms with Crippen molar-refractivity contribution in [2.45, 2.75) is 32.9 Å². The van der Waals surface area contributed by atoms with Crippen molar-refractivity contribution < 1.29 is 5.11 Å². The Labute approximate surface area is 104 Å². The number of halogens is 1. The van der Waals surface area contributed by atoms with Crippen LogP contribution in [-0.4, -0.2) is 17.8 Å². The van der Waals surface area contributed by atoms with Crippen LogP contribution in [0.2, 0.25) is 0 Å². The molecule has 1 aromatic rings. The summed E-state index contributed by atoms with van der Waals surface area (Å²) in [5, 5.41) is 14.6. The molecule has 0 aliphatic rings. The van der Waals surface area contributed by atoms with Gasteiger partial charge in [-0.2, -0.15) is 0 Å². The topological polar surface area (TPSA) is 32.3 Å². The molecule has 15 heavy (non-hydrogen) atoms. The zero-order chi connectivity index (χ0) is 11.4. The lowest BCUT2D eigenvalue weighted by atomic mass is 10.0. The van der Waals surface area contributed by atoms with E-state index in [2.05, 4.69) is 53.5 Å². The van der Waals surface area contributed by atoms with Gasteiger partial charge in [-0.15, -0.1) is 11.3 Å². The third kappa shape index (κ3) is 3.87. The number of hydrogen-bond donors (Lipinski definition) is 2. The van der Waals surface area contributed by atoms with Gasteiger partial charge in [0, 0.05) is 33.4 Å². The standard InChI is InChI=1S/C11H18BrNOS/c1-7(5-14)8(2)13-9(3)11-4-10(12)6-15-11/h4,6-9,13-14H,5H2,1-3H3. The first-order valence-electron chi connectivity index (χ1n) is 5.15. The number of aliphatic hydroxyl groups excluding tert-OH is 1. The molecule has 0 amide bonds. The van der Waals surface area contributed by atoms with Crippen LogP contribution in [0.1, 0.15) is 31.7 Å². The summed E-state index contributed by atoms with van der Waals surface area (Å²) < 4.78 is 1.14. The van der Waals surface area contributed by atoms with E-state index in [1.54, 1.807) is 11.3 Å². The van der Waals surface area contributed by atoms with Crippen molar-refractivity contribution in [1.29, 1.82) is 0 Å². The first-order chi connectivity index (χ1) is 7.04. The molecule has 3 atom stereocenters. The van der Waals surface area contributed by atoms with E-state index in [1.807, 2.05) is 0 Å². The van der Waals surface area contributed by atoms with Crippen LogP contribution < -0.4 is 5.32 Å². The molecular formula is C11H18BrNOS. The van der Waals surface area contributed by atoms with Gasteiger partial charge < -0.3 is 10.4 Å². The summed E-state index contributed by atoms with van der Waals surface area (Å²) >= 11 is 5.20. The van der Waals surface area contributed by atoms with Gasteiger partial charge in [0.1, 0.15) is 0 Å².